The first kappa shape index (κ1) is 26.9. The van der Waals surface area contributed by atoms with Gasteiger partial charge in [-0.3, -0.25) is 0 Å². The zero-order valence-corrected chi connectivity index (χ0v) is 22.2. The van der Waals surface area contributed by atoms with Gasteiger partial charge in [0.1, 0.15) is 0 Å². The third kappa shape index (κ3) is 8.52. The molecule has 0 radical (unpaired) electrons. The van der Waals surface area contributed by atoms with Crippen molar-refractivity contribution >= 4 is 51.3 Å². The minimum atomic E-state index is -3.62. The molecule has 0 spiro atoms. The smallest absolute Gasteiger partial charge is 0.241 e. The van der Waals surface area contributed by atoms with Gasteiger partial charge in [-0.05, 0) is 67.6 Å². The molecule has 2 rings (SSSR count). The molecule has 9 heteroatoms. The number of sulfonamides is 1. The minimum absolute atomic E-state index is 0. The van der Waals surface area contributed by atoms with Crippen molar-refractivity contribution in [2.45, 2.75) is 57.5 Å². The number of hydrogen-bond acceptors (Lipinski definition) is 4. The van der Waals surface area contributed by atoms with Crippen molar-refractivity contribution in [3.8, 4) is 0 Å². The van der Waals surface area contributed by atoms with Crippen LogP contribution in [0.25, 0.3) is 0 Å². The molecule has 0 aliphatic heterocycles. The molecule has 0 bridgehead atoms. The Labute approximate surface area is 202 Å². The maximum absolute atomic E-state index is 12.8. The number of rotatable bonds is 8. The van der Waals surface area contributed by atoms with E-state index >= 15 is 0 Å². The first-order valence-corrected chi connectivity index (χ1v) is 12.2. The van der Waals surface area contributed by atoms with Crippen LogP contribution in [0.5, 0.6) is 0 Å². The maximum atomic E-state index is 12.8. The summed E-state index contributed by atoms with van der Waals surface area (Å²) >= 11 is 1.69. The molecule has 0 aliphatic carbocycles. The summed E-state index contributed by atoms with van der Waals surface area (Å²) in [5, 5.41) is 10.8. The van der Waals surface area contributed by atoms with Crippen LogP contribution >= 0.6 is 35.3 Å². The van der Waals surface area contributed by atoms with E-state index in [1.165, 1.54) is 5.56 Å². The van der Waals surface area contributed by atoms with Crippen LogP contribution in [0.4, 0.5) is 0 Å². The highest BCUT2D eigenvalue weighted by Gasteiger charge is 2.24. The van der Waals surface area contributed by atoms with Crippen molar-refractivity contribution < 1.29 is 8.42 Å². The summed E-state index contributed by atoms with van der Waals surface area (Å²) in [6.45, 7) is 11.4. The molecule has 0 aliphatic rings. The van der Waals surface area contributed by atoms with Crippen LogP contribution in [-0.4, -0.2) is 33.0 Å². The molecule has 1 atom stereocenters. The lowest BCUT2D eigenvalue weighted by atomic mass is 10.1. The van der Waals surface area contributed by atoms with E-state index in [1.54, 1.807) is 29.5 Å². The van der Waals surface area contributed by atoms with Crippen LogP contribution in [0.15, 0.2) is 51.0 Å². The fourth-order valence-electron chi connectivity index (χ4n) is 2.78. The SMILES string of the molecule is CCNC(=NCc1ccccc1S(=O)(=O)NC(C)(C)C)NCC(C)c1ccsc1.I. The van der Waals surface area contributed by atoms with Crippen LogP contribution in [0.1, 0.15) is 51.7 Å². The molecule has 30 heavy (non-hydrogen) atoms. The van der Waals surface area contributed by atoms with E-state index < -0.39 is 15.6 Å². The van der Waals surface area contributed by atoms with Crippen LogP contribution in [-0.2, 0) is 16.6 Å². The highest BCUT2D eigenvalue weighted by Crippen LogP contribution is 2.19. The number of aliphatic imine (C=N–C) groups is 1. The van der Waals surface area contributed by atoms with Crippen molar-refractivity contribution in [3.05, 3.63) is 52.2 Å². The van der Waals surface area contributed by atoms with Crippen molar-refractivity contribution in [2.24, 2.45) is 4.99 Å². The van der Waals surface area contributed by atoms with Gasteiger partial charge >= 0.3 is 0 Å². The predicted molar refractivity (Wildman–Crippen MR) is 137 cm³/mol. The van der Waals surface area contributed by atoms with Gasteiger partial charge in [-0.25, -0.2) is 18.1 Å². The van der Waals surface area contributed by atoms with Crippen molar-refractivity contribution in [3.63, 3.8) is 0 Å². The molecular formula is C21H33IN4O2S2. The topological polar surface area (TPSA) is 82.6 Å². The molecule has 0 amide bonds. The second-order valence-electron chi connectivity index (χ2n) is 8.00. The van der Waals surface area contributed by atoms with Gasteiger partial charge in [-0.2, -0.15) is 11.3 Å². The summed E-state index contributed by atoms with van der Waals surface area (Å²) in [6, 6.07) is 9.12. The fourth-order valence-corrected chi connectivity index (χ4v) is 5.22. The largest absolute Gasteiger partial charge is 0.357 e. The van der Waals surface area contributed by atoms with Gasteiger partial charge in [0.15, 0.2) is 5.96 Å². The second kappa shape index (κ2) is 12.0. The lowest BCUT2D eigenvalue weighted by molar-refractivity contribution is 0.491. The molecule has 1 unspecified atom stereocenters. The summed E-state index contributed by atoms with van der Waals surface area (Å²) < 4.78 is 28.3. The third-order valence-corrected chi connectivity index (χ3v) is 6.70. The zero-order valence-electron chi connectivity index (χ0n) is 18.2. The van der Waals surface area contributed by atoms with Crippen molar-refractivity contribution in [2.75, 3.05) is 13.1 Å². The van der Waals surface area contributed by atoms with Gasteiger partial charge < -0.3 is 10.6 Å². The van der Waals surface area contributed by atoms with E-state index in [-0.39, 0.29) is 35.4 Å². The zero-order chi connectivity index (χ0) is 21.5. The fraction of sp³-hybridized carbons (Fsp3) is 0.476. The van der Waals surface area contributed by atoms with Gasteiger partial charge in [0, 0.05) is 18.6 Å². The molecule has 1 heterocycles. The molecule has 6 nitrogen and oxygen atoms in total. The molecule has 168 valence electrons. The Bertz CT molecular complexity index is 907. The third-order valence-electron chi connectivity index (χ3n) is 4.14. The van der Waals surface area contributed by atoms with E-state index in [9.17, 15) is 8.42 Å². The number of thiophene rings is 1. The Morgan fingerprint density at radius 2 is 1.87 bits per heavy atom. The van der Waals surface area contributed by atoms with E-state index in [0.717, 1.165) is 13.1 Å². The summed E-state index contributed by atoms with van der Waals surface area (Å²) in [4.78, 5) is 4.88. The predicted octanol–water partition coefficient (Wildman–Crippen LogP) is 4.30. The number of guanidine groups is 1. The van der Waals surface area contributed by atoms with Crippen LogP contribution in [0.2, 0.25) is 0 Å². The first-order valence-electron chi connectivity index (χ1n) is 9.78. The summed E-state index contributed by atoms with van der Waals surface area (Å²) in [6.07, 6.45) is 0. The monoisotopic (exact) mass is 564 g/mol. The molecule has 0 fully saturated rings. The molecule has 2 aromatic rings. The molecule has 0 saturated carbocycles. The number of hydrogen-bond donors (Lipinski definition) is 3. The Kier molecular flexibility index (Phi) is 10.8. The van der Waals surface area contributed by atoms with Crippen molar-refractivity contribution in [1.82, 2.24) is 15.4 Å². The molecule has 1 aromatic heterocycles. The lowest BCUT2D eigenvalue weighted by Crippen LogP contribution is -2.41. The Morgan fingerprint density at radius 1 is 1.17 bits per heavy atom. The van der Waals surface area contributed by atoms with Crippen LogP contribution in [0, 0.1) is 0 Å². The normalized spacial score (nSPS) is 13.4. The van der Waals surface area contributed by atoms with Gasteiger partial charge in [-0.15, -0.1) is 24.0 Å². The van der Waals surface area contributed by atoms with Gasteiger partial charge in [0.05, 0.1) is 11.4 Å². The Hall–Kier alpha value is -1.17. The number of nitrogens with one attached hydrogen (secondary N) is 3. The standard InChI is InChI=1S/C21H32N4O2S2.HI/c1-6-22-20(23-13-16(2)18-11-12-28-15-18)24-14-17-9-7-8-10-19(17)29(26,27)25-21(3,4)5;/h7-12,15-16,25H,6,13-14H2,1-5H3,(H2,22,23,24);1H. The van der Waals surface area contributed by atoms with E-state index in [1.807, 2.05) is 33.8 Å². The minimum Gasteiger partial charge on any atom is -0.357 e. The molecule has 1 aromatic carbocycles. The summed E-state index contributed by atoms with van der Waals surface area (Å²) in [5.41, 5.74) is 1.40. The van der Waals surface area contributed by atoms with E-state index in [0.29, 0.717) is 17.4 Å². The highest BCUT2D eigenvalue weighted by atomic mass is 127. The number of nitrogens with zero attached hydrogens (tertiary/aromatic N) is 1. The molecule has 0 saturated heterocycles. The van der Waals surface area contributed by atoms with Crippen LogP contribution in [0.3, 0.4) is 0 Å². The Balaban J connectivity index is 0.00000450. The van der Waals surface area contributed by atoms with Gasteiger partial charge in [0.2, 0.25) is 10.0 Å². The highest BCUT2D eigenvalue weighted by molar-refractivity contribution is 14.0. The van der Waals surface area contributed by atoms with E-state index in [4.69, 9.17) is 0 Å². The lowest BCUT2D eigenvalue weighted by Gasteiger charge is -2.21. The average Bonchev–Trinajstić information content (AvgIpc) is 3.17. The quantitative estimate of drug-likeness (QED) is 0.254. The first-order chi connectivity index (χ1) is 13.6. The maximum Gasteiger partial charge on any atom is 0.241 e. The number of benzene rings is 1. The summed E-state index contributed by atoms with van der Waals surface area (Å²) in [5.74, 6) is 1.03. The number of halogens is 1. The average molecular weight is 565 g/mol. The second-order valence-corrected chi connectivity index (χ2v) is 10.4. The van der Waals surface area contributed by atoms with Gasteiger partial charge in [-0.1, -0.05) is 25.1 Å². The molecule has 3 N–H and O–H groups in total. The van der Waals surface area contributed by atoms with Crippen molar-refractivity contribution in [1.29, 1.82) is 0 Å². The van der Waals surface area contributed by atoms with Crippen LogP contribution < -0.4 is 15.4 Å². The van der Waals surface area contributed by atoms with E-state index in [2.05, 4.69) is 44.1 Å². The molecular weight excluding hydrogens is 531 g/mol. The summed E-state index contributed by atoms with van der Waals surface area (Å²) in [7, 11) is -3.62. The Morgan fingerprint density at radius 3 is 2.47 bits per heavy atom. The van der Waals surface area contributed by atoms with Gasteiger partial charge in [0.25, 0.3) is 0 Å².